The lowest BCUT2D eigenvalue weighted by Gasteiger charge is -2.35. The van der Waals surface area contributed by atoms with Gasteiger partial charge >= 0.3 is 0 Å². The molecule has 1 fully saturated rings. The zero-order valence-corrected chi connectivity index (χ0v) is 18.8. The monoisotopic (exact) mass is 424 g/mol. The molecule has 0 bridgehead atoms. The Labute approximate surface area is 181 Å². The third kappa shape index (κ3) is 3.86. The molecule has 0 spiro atoms. The summed E-state index contributed by atoms with van der Waals surface area (Å²) in [6.45, 7) is 7.60. The number of nitrogens with zero attached hydrogens (tertiary/aromatic N) is 3. The van der Waals surface area contributed by atoms with Crippen molar-refractivity contribution in [2.45, 2.75) is 52.6 Å². The predicted octanol–water partition coefficient (Wildman–Crippen LogP) is 4.63. The van der Waals surface area contributed by atoms with Crippen molar-refractivity contribution in [3.05, 3.63) is 46.1 Å². The maximum absolute atomic E-state index is 13.0. The summed E-state index contributed by atoms with van der Waals surface area (Å²) in [4.78, 5) is 26.5. The van der Waals surface area contributed by atoms with E-state index in [2.05, 4.69) is 22.1 Å². The Morgan fingerprint density at radius 1 is 1.27 bits per heavy atom. The first-order valence-corrected chi connectivity index (χ1v) is 11.3. The number of carbonyl (C=O) groups is 1. The van der Waals surface area contributed by atoms with E-state index in [0.29, 0.717) is 17.5 Å². The molecule has 1 amide bonds. The van der Waals surface area contributed by atoms with E-state index in [1.54, 1.807) is 7.11 Å². The third-order valence-corrected chi connectivity index (χ3v) is 6.98. The van der Waals surface area contributed by atoms with Gasteiger partial charge in [0.05, 0.1) is 17.4 Å². The van der Waals surface area contributed by atoms with Crippen molar-refractivity contribution < 1.29 is 9.53 Å². The molecule has 0 saturated carbocycles. The SMILES string of the molecule is COc1ccccc1CNC(=O)c1sc2nc(C)nc(N3CCCC[C@H]3C)c2c1C. The van der Waals surface area contributed by atoms with Gasteiger partial charge in [0.15, 0.2) is 0 Å². The van der Waals surface area contributed by atoms with Crippen LogP contribution in [-0.2, 0) is 6.54 Å². The third-order valence-electron chi connectivity index (χ3n) is 5.80. The first-order chi connectivity index (χ1) is 14.5. The minimum atomic E-state index is -0.0864. The number of anilines is 1. The Morgan fingerprint density at radius 3 is 2.83 bits per heavy atom. The highest BCUT2D eigenvalue weighted by molar-refractivity contribution is 7.20. The van der Waals surface area contributed by atoms with Crippen molar-refractivity contribution in [3.63, 3.8) is 0 Å². The first kappa shape index (κ1) is 20.6. The van der Waals surface area contributed by atoms with Crippen LogP contribution >= 0.6 is 11.3 Å². The number of amides is 1. The van der Waals surface area contributed by atoms with Gasteiger partial charge in [-0.2, -0.15) is 0 Å². The number of benzene rings is 1. The molecule has 1 atom stereocenters. The summed E-state index contributed by atoms with van der Waals surface area (Å²) in [5, 5.41) is 4.06. The number of aryl methyl sites for hydroxylation is 2. The summed E-state index contributed by atoms with van der Waals surface area (Å²) in [5.74, 6) is 2.41. The second-order valence-corrected chi connectivity index (χ2v) is 8.86. The molecule has 0 unspecified atom stereocenters. The quantitative estimate of drug-likeness (QED) is 0.647. The Bertz CT molecular complexity index is 1080. The molecule has 4 rings (SSSR count). The fraction of sp³-hybridized carbons (Fsp3) is 0.435. The maximum Gasteiger partial charge on any atom is 0.261 e. The summed E-state index contributed by atoms with van der Waals surface area (Å²) in [5.41, 5.74) is 1.91. The number of fused-ring (bicyclic) bond motifs is 1. The van der Waals surface area contributed by atoms with Crippen LogP contribution in [0.25, 0.3) is 10.2 Å². The molecule has 2 aromatic heterocycles. The zero-order chi connectivity index (χ0) is 21.3. The molecule has 7 heteroatoms. The van der Waals surface area contributed by atoms with Crippen LogP contribution < -0.4 is 15.0 Å². The standard InChI is InChI=1S/C23H28N4O2S/c1-14-9-7-8-12-27(14)21-19-15(2)20(30-23(19)26-16(3)25-21)22(28)24-13-17-10-5-6-11-18(17)29-4/h5-6,10-11,14H,7-9,12-13H2,1-4H3,(H,24,28)/t14-/m1/s1. The van der Waals surface area contributed by atoms with Crippen molar-refractivity contribution in [2.24, 2.45) is 0 Å². The topological polar surface area (TPSA) is 67.3 Å². The molecule has 6 nitrogen and oxygen atoms in total. The molecule has 1 aliphatic heterocycles. The number of rotatable bonds is 5. The molecule has 1 saturated heterocycles. The van der Waals surface area contributed by atoms with Crippen LogP contribution in [0, 0.1) is 13.8 Å². The molecule has 158 valence electrons. The molecular weight excluding hydrogens is 396 g/mol. The molecule has 30 heavy (non-hydrogen) atoms. The van der Waals surface area contributed by atoms with Gasteiger partial charge in [-0.05, 0) is 51.7 Å². The van der Waals surface area contributed by atoms with Crippen LogP contribution in [0.15, 0.2) is 24.3 Å². The molecule has 0 aliphatic carbocycles. The number of piperidine rings is 1. The van der Waals surface area contributed by atoms with Gasteiger partial charge in [0.2, 0.25) is 0 Å². The Balaban J connectivity index is 1.66. The van der Waals surface area contributed by atoms with E-state index in [1.165, 1.54) is 30.6 Å². The number of para-hydroxylation sites is 1. The fourth-order valence-electron chi connectivity index (χ4n) is 4.16. The van der Waals surface area contributed by atoms with Crippen LogP contribution in [0.1, 0.15) is 52.8 Å². The van der Waals surface area contributed by atoms with Crippen LogP contribution in [0.5, 0.6) is 5.75 Å². The van der Waals surface area contributed by atoms with E-state index in [0.717, 1.165) is 45.3 Å². The molecule has 1 N–H and O–H groups in total. The molecule has 3 aromatic rings. The maximum atomic E-state index is 13.0. The van der Waals surface area contributed by atoms with E-state index in [4.69, 9.17) is 9.72 Å². The average molecular weight is 425 g/mol. The summed E-state index contributed by atoms with van der Waals surface area (Å²) >= 11 is 1.45. The lowest BCUT2D eigenvalue weighted by Crippen LogP contribution is -2.38. The van der Waals surface area contributed by atoms with Crippen molar-refractivity contribution in [2.75, 3.05) is 18.6 Å². The number of thiophene rings is 1. The van der Waals surface area contributed by atoms with Gasteiger partial charge in [0, 0.05) is 24.7 Å². The van der Waals surface area contributed by atoms with Crippen molar-refractivity contribution >= 4 is 33.3 Å². The second-order valence-electron chi connectivity index (χ2n) is 7.86. The van der Waals surface area contributed by atoms with E-state index < -0.39 is 0 Å². The van der Waals surface area contributed by atoms with Gasteiger partial charge in [-0.1, -0.05) is 18.2 Å². The largest absolute Gasteiger partial charge is 0.496 e. The number of hydrogen-bond acceptors (Lipinski definition) is 6. The number of methoxy groups -OCH3 is 1. The lowest BCUT2D eigenvalue weighted by molar-refractivity contribution is 0.0954. The minimum absolute atomic E-state index is 0.0864. The van der Waals surface area contributed by atoms with Crippen LogP contribution in [0.4, 0.5) is 5.82 Å². The summed E-state index contributed by atoms with van der Waals surface area (Å²) in [6, 6.07) is 8.17. The lowest BCUT2D eigenvalue weighted by atomic mass is 10.0. The van der Waals surface area contributed by atoms with Crippen molar-refractivity contribution in [3.8, 4) is 5.75 Å². The van der Waals surface area contributed by atoms with Gasteiger partial charge in [-0.15, -0.1) is 11.3 Å². The number of aromatic nitrogens is 2. The Hall–Kier alpha value is -2.67. The number of nitrogens with one attached hydrogen (secondary N) is 1. The second kappa shape index (κ2) is 8.60. The van der Waals surface area contributed by atoms with E-state index in [9.17, 15) is 4.79 Å². The average Bonchev–Trinajstić information content (AvgIpc) is 3.08. The number of carbonyl (C=O) groups excluding carboxylic acids is 1. The first-order valence-electron chi connectivity index (χ1n) is 10.4. The van der Waals surface area contributed by atoms with Gasteiger partial charge in [-0.3, -0.25) is 4.79 Å². The highest BCUT2D eigenvalue weighted by Gasteiger charge is 2.26. The number of hydrogen-bond donors (Lipinski definition) is 1. The molecule has 1 aliphatic rings. The molecule has 1 aromatic carbocycles. The van der Waals surface area contributed by atoms with Gasteiger partial charge in [0.25, 0.3) is 5.91 Å². The summed E-state index contributed by atoms with van der Waals surface area (Å²) in [6.07, 6.45) is 3.59. The van der Waals surface area contributed by atoms with Crippen LogP contribution in [0.3, 0.4) is 0 Å². The van der Waals surface area contributed by atoms with Crippen molar-refractivity contribution in [1.29, 1.82) is 0 Å². The number of ether oxygens (including phenoxy) is 1. The van der Waals surface area contributed by atoms with Crippen molar-refractivity contribution in [1.82, 2.24) is 15.3 Å². The Morgan fingerprint density at radius 2 is 2.07 bits per heavy atom. The molecule has 3 heterocycles. The smallest absolute Gasteiger partial charge is 0.261 e. The fourth-order valence-corrected chi connectivity index (χ4v) is 5.30. The Kier molecular flexibility index (Phi) is 5.90. The summed E-state index contributed by atoms with van der Waals surface area (Å²) in [7, 11) is 1.64. The molecular formula is C23H28N4O2S. The van der Waals surface area contributed by atoms with Gasteiger partial charge in [0.1, 0.15) is 22.2 Å². The zero-order valence-electron chi connectivity index (χ0n) is 18.0. The van der Waals surface area contributed by atoms with Crippen LogP contribution in [-0.4, -0.2) is 35.6 Å². The summed E-state index contributed by atoms with van der Waals surface area (Å²) < 4.78 is 5.39. The van der Waals surface area contributed by atoms with Crippen LogP contribution in [0.2, 0.25) is 0 Å². The normalized spacial score (nSPS) is 16.7. The highest BCUT2D eigenvalue weighted by Crippen LogP contribution is 2.37. The van der Waals surface area contributed by atoms with E-state index in [1.807, 2.05) is 38.1 Å². The highest BCUT2D eigenvalue weighted by atomic mass is 32.1. The molecule has 0 radical (unpaired) electrons. The minimum Gasteiger partial charge on any atom is -0.496 e. The van der Waals surface area contributed by atoms with Gasteiger partial charge < -0.3 is 15.0 Å². The van der Waals surface area contributed by atoms with Gasteiger partial charge in [-0.25, -0.2) is 9.97 Å². The van der Waals surface area contributed by atoms with E-state index in [-0.39, 0.29) is 5.91 Å². The predicted molar refractivity (Wildman–Crippen MR) is 122 cm³/mol. The van der Waals surface area contributed by atoms with E-state index >= 15 is 0 Å².